The van der Waals surface area contributed by atoms with Crippen LogP contribution < -0.4 is 5.32 Å². The third kappa shape index (κ3) is 2.76. The number of aromatic nitrogens is 2. The van der Waals surface area contributed by atoms with E-state index in [2.05, 4.69) is 70.2 Å². The first-order valence-electron chi connectivity index (χ1n) is 8.29. The first-order chi connectivity index (χ1) is 11.3. The molecule has 0 aliphatic carbocycles. The maximum absolute atomic E-state index is 4.89. The molecule has 1 saturated heterocycles. The molecule has 0 saturated carbocycles. The Morgan fingerprint density at radius 2 is 1.96 bits per heavy atom. The fourth-order valence-corrected chi connectivity index (χ4v) is 3.34. The molecule has 1 aromatic carbocycles. The highest BCUT2D eigenvalue weighted by Crippen LogP contribution is 2.26. The van der Waals surface area contributed by atoms with Crippen LogP contribution in [0, 0.1) is 0 Å². The third-order valence-corrected chi connectivity index (χ3v) is 4.67. The third-order valence-electron chi connectivity index (χ3n) is 4.67. The lowest BCUT2D eigenvalue weighted by molar-refractivity contribution is 0.163. The Balaban J connectivity index is 1.80. The topological polar surface area (TPSA) is 32.6 Å². The fraction of sp³-hybridized carbons (Fsp3) is 0.316. The van der Waals surface area contributed by atoms with Crippen molar-refractivity contribution in [3.8, 4) is 11.3 Å². The van der Waals surface area contributed by atoms with Crippen molar-refractivity contribution < 1.29 is 0 Å². The molecular formula is C19H22N4. The second-order valence-corrected chi connectivity index (χ2v) is 6.23. The number of piperazine rings is 1. The van der Waals surface area contributed by atoms with Gasteiger partial charge in [-0.05, 0) is 19.1 Å². The van der Waals surface area contributed by atoms with Crippen molar-refractivity contribution in [3.05, 3.63) is 60.4 Å². The molecule has 1 aliphatic rings. The Kier molecular flexibility index (Phi) is 3.85. The normalized spacial score (nSPS) is 19.3. The summed E-state index contributed by atoms with van der Waals surface area (Å²) in [6, 6.07) is 17.3. The summed E-state index contributed by atoms with van der Waals surface area (Å²) in [5, 5.41) is 3.46. The minimum absolute atomic E-state index is 0.543. The molecule has 1 N–H and O–H groups in total. The number of nitrogens with zero attached hydrogens (tertiary/aromatic N) is 3. The number of fused-ring (bicyclic) bond motifs is 1. The molecule has 3 aromatic rings. The molecule has 3 heterocycles. The maximum atomic E-state index is 4.89. The van der Waals surface area contributed by atoms with Crippen molar-refractivity contribution in [2.45, 2.75) is 19.5 Å². The Morgan fingerprint density at radius 1 is 1.13 bits per heavy atom. The van der Waals surface area contributed by atoms with Gasteiger partial charge in [0.05, 0.1) is 11.4 Å². The Morgan fingerprint density at radius 3 is 2.78 bits per heavy atom. The van der Waals surface area contributed by atoms with Crippen LogP contribution in [0.3, 0.4) is 0 Å². The molecule has 0 bridgehead atoms. The first-order valence-corrected chi connectivity index (χ1v) is 8.29. The molecule has 0 amide bonds. The Bertz CT molecular complexity index is 793. The molecule has 4 nitrogen and oxygen atoms in total. The SMILES string of the molecule is C[C@H]1CNCCN1Cc1c(-c2ccccc2)nc2ccccn12. The number of rotatable bonds is 3. The van der Waals surface area contributed by atoms with Crippen LogP contribution in [0.15, 0.2) is 54.7 Å². The molecule has 0 unspecified atom stereocenters. The monoisotopic (exact) mass is 306 g/mol. The zero-order valence-electron chi connectivity index (χ0n) is 13.4. The van der Waals surface area contributed by atoms with Crippen LogP contribution in [0.25, 0.3) is 16.9 Å². The molecule has 4 rings (SSSR count). The number of nitrogens with one attached hydrogen (secondary N) is 1. The molecule has 1 fully saturated rings. The van der Waals surface area contributed by atoms with Crippen LogP contribution in [-0.4, -0.2) is 40.0 Å². The number of hydrogen-bond acceptors (Lipinski definition) is 3. The maximum Gasteiger partial charge on any atom is 0.137 e. The highest BCUT2D eigenvalue weighted by atomic mass is 15.2. The van der Waals surface area contributed by atoms with Crippen molar-refractivity contribution in [1.29, 1.82) is 0 Å². The zero-order chi connectivity index (χ0) is 15.6. The lowest BCUT2D eigenvalue weighted by Crippen LogP contribution is -2.49. The Labute approximate surface area is 136 Å². The smallest absolute Gasteiger partial charge is 0.137 e. The highest BCUT2D eigenvalue weighted by Gasteiger charge is 2.22. The van der Waals surface area contributed by atoms with Crippen molar-refractivity contribution in [2.75, 3.05) is 19.6 Å². The summed E-state index contributed by atoms with van der Waals surface area (Å²) in [6.07, 6.45) is 2.12. The lowest BCUT2D eigenvalue weighted by atomic mass is 10.1. The van der Waals surface area contributed by atoms with E-state index in [-0.39, 0.29) is 0 Å². The standard InChI is InChI=1S/C19H22N4/c1-15-13-20-10-12-22(15)14-17-19(16-7-3-2-4-8-16)21-18-9-5-6-11-23(17)18/h2-9,11,15,20H,10,12-14H2,1H3/t15-/m0/s1. The van der Waals surface area contributed by atoms with Gasteiger partial charge in [0, 0.05) is 44.0 Å². The van der Waals surface area contributed by atoms with Crippen molar-refractivity contribution in [3.63, 3.8) is 0 Å². The summed E-state index contributed by atoms with van der Waals surface area (Å²) in [4.78, 5) is 7.44. The minimum Gasteiger partial charge on any atom is -0.314 e. The molecule has 1 atom stereocenters. The second kappa shape index (κ2) is 6.14. The van der Waals surface area contributed by atoms with E-state index in [0.717, 1.165) is 37.5 Å². The summed E-state index contributed by atoms with van der Waals surface area (Å²) >= 11 is 0. The molecular weight excluding hydrogens is 284 g/mol. The highest BCUT2D eigenvalue weighted by molar-refractivity contribution is 5.66. The van der Waals surface area contributed by atoms with Gasteiger partial charge < -0.3 is 9.72 Å². The summed E-state index contributed by atoms with van der Waals surface area (Å²) in [6.45, 7) is 6.41. The quantitative estimate of drug-likeness (QED) is 0.807. The number of pyridine rings is 1. The molecule has 4 heteroatoms. The van der Waals surface area contributed by atoms with E-state index in [4.69, 9.17) is 4.98 Å². The number of benzene rings is 1. The van der Waals surface area contributed by atoms with E-state index in [0.29, 0.717) is 6.04 Å². The van der Waals surface area contributed by atoms with Crippen LogP contribution in [0.1, 0.15) is 12.6 Å². The second-order valence-electron chi connectivity index (χ2n) is 6.23. The van der Waals surface area contributed by atoms with Gasteiger partial charge in [-0.1, -0.05) is 36.4 Å². The van der Waals surface area contributed by atoms with Crippen LogP contribution in [0.2, 0.25) is 0 Å². The fourth-order valence-electron chi connectivity index (χ4n) is 3.34. The minimum atomic E-state index is 0.543. The largest absolute Gasteiger partial charge is 0.314 e. The predicted octanol–water partition coefficient (Wildman–Crippen LogP) is 2.80. The molecule has 0 spiro atoms. The van der Waals surface area contributed by atoms with Gasteiger partial charge in [0.15, 0.2) is 0 Å². The molecule has 118 valence electrons. The van der Waals surface area contributed by atoms with Gasteiger partial charge in [-0.15, -0.1) is 0 Å². The predicted molar refractivity (Wildman–Crippen MR) is 93.4 cm³/mol. The van der Waals surface area contributed by atoms with Gasteiger partial charge in [-0.3, -0.25) is 4.90 Å². The van der Waals surface area contributed by atoms with Gasteiger partial charge in [-0.2, -0.15) is 0 Å². The van der Waals surface area contributed by atoms with Crippen molar-refractivity contribution in [1.82, 2.24) is 19.6 Å². The van der Waals surface area contributed by atoms with Crippen molar-refractivity contribution in [2.24, 2.45) is 0 Å². The average molecular weight is 306 g/mol. The van der Waals surface area contributed by atoms with Gasteiger partial charge >= 0.3 is 0 Å². The van der Waals surface area contributed by atoms with E-state index < -0.39 is 0 Å². The van der Waals surface area contributed by atoms with Crippen LogP contribution in [0.4, 0.5) is 0 Å². The molecule has 1 aliphatic heterocycles. The van der Waals surface area contributed by atoms with E-state index in [1.54, 1.807) is 0 Å². The van der Waals surface area contributed by atoms with Crippen LogP contribution in [0.5, 0.6) is 0 Å². The van der Waals surface area contributed by atoms with Gasteiger partial charge in [0.1, 0.15) is 5.65 Å². The average Bonchev–Trinajstić information content (AvgIpc) is 2.96. The van der Waals surface area contributed by atoms with Gasteiger partial charge in [-0.25, -0.2) is 4.98 Å². The number of hydrogen-bond donors (Lipinski definition) is 1. The van der Waals surface area contributed by atoms with Crippen LogP contribution in [-0.2, 0) is 6.54 Å². The Hall–Kier alpha value is -2.17. The van der Waals surface area contributed by atoms with Crippen molar-refractivity contribution >= 4 is 5.65 Å². The summed E-state index contributed by atoms with van der Waals surface area (Å²) in [5.74, 6) is 0. The van der Waals surface area contributed by atoms with Crippen LogP contribution >= 0.6 is 0 Å². The van der Waals surface area contributed by atoms with E-state index in [1.165, 1.54) is 11.3 Å². The van der Waals surface area contributed by atoms with Gasteiger partial charge in [0.25, 0.3) is 0 Å². The van der Waals surface area contributed by atoms with E-state index in [9.17, 15) is 0 Å². The van der Waals surface area contributed by atoms with E-state index >= 15 is 0 Å². The summed E-state index contributed by atoms with van der Waals surface area (Å²) in [5.41, 5.74) is 4.58. The molecule has 23 heavy (non-hydrogen) atoms. The van der Waals surface area contributed by atoms with E-state index in [1.807, 2.05) is 6.07 Å². The number of imidazole rings is 1. The summed E-state index contributed by atoms with van der Waals surface area (Å²) in [7, 11) is 0. The lowest BCUT2D eigenvalue weighted by Gasteiger charge is -2.33. The van der Waals surface area contributed by atoms with Gasteiger partial charge in [0.2, 0.25) is 0 Å². The zero-order valence-corrected chi connectivity index (χ0v) is 13.4. The first kappa shape index (κ1) is 14.4. The molecule has 2 aromatic heterocycles. The molecule has 0 radical (unpaired) electrons. The summed E-state index contributed by atoms with van der Waals surface area (Å²) < 4.78 is 2.23.